The first-order valence-electron chi connectivity index (χ1n) is 4.86. The number of carbonyl (C=O) groups is 1. The Kier molecular flexibility index (Phi) is 4.02. The van der Waals surface area contributed by atoms with Gasteiger partial charge in [-0.25, -0.2) is 4.79 Å². The van der Waals surface area contributed by atoms with Crippen LogP contribution in [0.3, 0.4) is 0 Å². The molecule has 76 valence electrons. The molecule has 1 aliphatic rings. The van der Waals surface area contributed by atoms with Crippen LogP contribution < -0.4 is 0 Å². The molecule has 1 amide bonds. The van der Waals surface area contributed by atoms with E-state index in [1.807, 2.05) is 0 Å². The molecule has 1 atom stereocenters. The summed E-state index contributed by atoms with van der Waals surface area (Å²) in [6.07, 6.45) is 3.72. The maximum atomic E-state index is 10.8. The predicted octanol–water partition coefficient (Wildman–Crippen LogP) is 1.29. The van der Waals surface area contributed by atoms with Gasteiger partial charge in [-0.1, -0.05) is 0 Å². The summed E-state index contributed by atoms with van der Waals surface area (Å²) in [5.74, 6) is 0. The Labute approximate surface area is 78.2 Å². The zero-order valence-electron chi connectivity index (χ0n) is 7.78. The summed E-state index contributed by atoms with van der Waals surface area (Å²) in [6, 6.07) is 0.137. The van der Waals surface area contributed by atoms with Crippen molar-refractivity contribution in [2.75, 3.05) is 13.2 Å². The third-order valence-corrected chi connectivity index (χ3v) is 2.57. The molecule has 1 fully saturated rings. The van der Waals surface area contributed by atoms with Crippen molar-refractivity contribution >= 4 is 6.09 Å². The van der Waals surface area contributed by atoms with E-state index in [0.717, 1.165) is 25.7 Å². The topological polar surface area (TPSA) is 60.8 Å². The van der Waals surface area contributed by atoms with E-state index < -0.39 is 6.09 Å². The minimum atomic E-state index is -0.817. The van der Waals surface area contributed by atoms with Crippen molar-refractivity contribution in [2.24, 2.45) is 0 Å². The third kappa shape index (κ3) is 2.88. The quantitative estimate of drug-likeness (QED) is 0.700. The van der Waals surface area contributed by atoms with Gasteiger partial charge in [0.25, 0.3) is 0 Å². The van der Waals surface area contributed by atoms with Gasteiger partial charge in [0.2, 0.25) is 0 Å². The SMILES string of the molecule is O=C(O)N1CCCC[C@H]1CCCO. The summed E-state index contributed by atoms with van der Waals surface area (Å²) in [5, 5.41) is 17.5. The third-order valence-electron chi connectivity index (χ3n) is 2.57. The van der Waals surface area contributed by atoms with Gasteiger partial charge in [-0.2, -0.15) is 0 Å². The van der Waals surface area contributed by atoms with Crippen molar-refractivity contribution in [3.05, 3.63) is 0 Å². The first-order valence-corrected chi connectivity index (χ1v) is 4.86. The Morgan fingerprint density at radius 2 is 2.23 bits per heavy atom. The molecule has 2 N–H and O–H groups in total. The van der Waals surface area contributed by atoms with E-state index in [2.05, 4.69) is 0 Å². The van der Waals surface area contributed by atoms with Crippen LogP contribution in [0, 0.1) is 0 Å². The fourth-order valence-corrected chi connectivity index (χ4v) is 1.88. The Balaban J connectivity index is 2.41. The molecular weight excluding hydrogens is 170 g/mol. The lowest BCUT2D eigenvalue weighted by Crippen LogP contribution is -2.42. The Bertz CT molecular complexity index is 172. The van der Waals surface area contributed by atoms with E-state index in [0.29, 0.717) is 13.0 Å². The van der Waals surface area contributed by atoms with Crippen LogP contribution in [0.25, 0.3) is 0 Å². The number of piperidine rings is 1. The predicted molar refractivity (Wildman–Crippen MR) is 48.7 cm³/mol. The second-order valence-electron chi connectivity index (χ2n) is 3.49. The lowest BCUT2D eigenvalue weighted by atomic mass is 9.99. The molecule has 0 spiro atoms. The van der Waals surface area contributed by atoms with Gasteiger partial charge in [-0.15, -0.1) is 0 Å². The highest BCUT2D eigenvalue weighted by Crippen LogP contribution is 2.20. The van der Waals surface area contributed by atoms with Gasteiger partial charge < -0.3 is 15.1 Å². The summed E-state index contributed by atoms with van der Waals surface area (Å²) in [5.41, 5.74) is 0. The van der Waals surface area contributed by atoms with Gasteiger partial charge in [0.05, 0.1) is 0 Å². The first kappa shape index (κ1) is 10.3. The molecule has 4 heteroatoms. The van der Waals surface area contributed by atoms with Gasteiger partial charge in [-0.3, -0.25) is 0 Å². The number of amides is 1. The van der Waals surface area contributed by atoms with E-state index in [4.69, 9.17) is 10.2 Å². The summed E-state index contributed by atoms with van der Waals surface area (Å²) in [7, 11) is 0. The molecular formula is C9H17NO3. The molecule has 0 aromatic heterocycles. The second-order valence-corrected chi connectivity index (χ2v) is 3.49. The number of carboxylic acid groups (broad SMARTS) is 1. The van der Waals surface area contributed by atoms with E-state index in [1.54, 1.807) is 0 Å². The van der Waals surface area contributed by atoms with Crippen LogP contribution in [0.1, 0.15) is 32.1 Å². The Morgan fingerprint density at radius 1 is 1.46 bits per heavy atom. The van der Waals surface area contributed by atoms with Gasteiger partial charge in [0.1, 0.15) is 0 Å². The van der Waals surface area contributed by atoms with Crippen LogP contribution in [0.2, 0.25) is 0 Å². The largest absolute Gasteiger partial charge is 0.465 e. The molecule has 0 bridgehead atoms. The number of hydrogen-bond donors (Lipinski definition) is 2. The van der Waals surface area contributed by atoms with Crippen molar-refractivity contribution in [1.29, 1.82) is 0 Å². The molecule has 1 heterocycles. The zero-order chi connectivity index (χ0) is 9.68. The zero-order valence-corrected chi connectivity index (χ0v) is 7.78. The number of aliphatic hydroxyl groups is 1. The van der Waals surface area contributed by atoms with Gasteiger partial charge in [0, 0.05) is 19.2 Å². The molecule has 4 nitrogen and oxygen atoms in total. The van der Waals surface area contributed by atoms with Crippen LogP contribution in [0.5, 0.6) is 0 Å². The fourth-order valence-electron chi connectivity index (χ4n) is 1.88. The molecule has 1 aliphatic heterocycles. The van der Waals surface area contributed by atoms with Gasteiger partial charge in [-0.05, 0) is 32.1 Å². The van der Waals surface area contributed by atoms with E-state index >= 15 is 0 Å². The average molecular weight is 187 g/mol. The lowest BCUT2D eigenvalue weighted by Gasteiger charge is -2.33. The van der Waals surface area contributed by atoms with Crippen molar-refractivity contribution in [3.8, 4) is 0 Å². The standard InChI is InChI=1S/C9H17NO3/c11-7-3-5-8-4-1-2-6-10(8)9(12)13/h8,11H,1-7H2,(H,12,13)/t8-/m0/s1. The van der Waals surface area contributed by atoms with Crippen molar-refractivity contribution < 1.29 is 15.0 Å². The molecule has 0 aromatic rings. The number of aliphatic hydroxyl groups excluding tert-OH is 1. The van der Waals surface area contributed by atoms with Crippen LogP contribution in [0.15, 0.2) is 0 Å². The van der Waals surface area contributed by atoms with Crippen molar-refractivity contribution in [1.82, 2.24) is 4.90 Å². The van der Waals surface area contributed by atoms with Crippen LogP contribution in [-0.2, 0) is 0 Å². The minimum absolute atomic E-state index is 0.137. The van der Waals surface area contributed by atoms with Gasteiger partial charge in [0.15, 0.2) is 0 Å². The van der Waals surface area contributed by atoms with Crippen LogP contribution in [0.4, 0.5) is 4.79 Å². The smallest absolute Gasteiger partial charge is 0.407 e. The van der Waals surface area contributed by atoms with Crippen molar-refractivity contribution in [3.63, 3.8) is 0 Å². The molecule has 0 aliphatic carbocycles. The van der Waals surface area contributed by atoms with E-state index in [1.165, 1.54) is 4.90 Å². The number of likely N-dealkylation sites (tertiary alicyclic amines) is 1. The Morgan fingerprint density at radius 3 is 2.85 bits per heavy atom. The molecule has 1 rings (SSSR count). The van der Waals surface area contributed by atoms with Crippen LogP contribution >= 0.6 is 0 Å². The normalized spacial score (nSPS) is 23.2. The summed E-state index contributed by atoms with van der Waals surface area (Å²) in [4.78, 5) is 12.3. The van der Waals surface area contributed by atoms with Crippen LogP contribution in [-0.4, -0.2) is 40.4 Å². The van der Waals surface area contributed by atoms with E-state index in [9.17, 15) is 4.79 Å². The lowest BCUT2D eigenvalue weighted by molar-refractivity contribution is 0.0998. The summed E-state index contributed by atoms with van der Waals surface area (Å²) in [6.45, 7) is 0.815. The minimum Gasteiger partial charge on any atom is -0.465 e. The highest BCUT2D eigenvalue weighted by Gasteiger charge is 2.25. The second kappa shape index (κ2) is 5.07. The summed E-state index contributed by atoms with van der Waals surface area (Å²) < 4.78 is 0. The molecule has 0 radical (unpaired) electrons. The number of hydrogen-bond acceptors (Lipinski definition) is 2. The average Bonchev–Trinajstić information content (AvgIpc) is 2.15. The summed E-state index contributed by atoms with van der Waals surface area (Å²) >= 11 is 0. The molecule has 0 saturated carbocycles. The molecule has 0 unspecified atom stereocenters. The van der Waals surface area contributed by atoms with Gasteiger partial charge >= 0.3 is 6.09 Å². The maximum Gasteiger partial charge on any atom is 0.407 e. The maximum absolute atomic E-state index is 10.8. The monoisotopic (exact) mass is 187 g/mol. The van der Waals surface area contributed by atoms with Crippen molar-refractivity contribution in [2.45, 2.75) is 38.1 Å². The van der Waals surface area contributed by atoms with E-state index in [-0.39, 0.29) is 12.6 Å². The number of rotatable bonds is 3. The number of nitrogens with zero attached hydrogens (tertiary/aromatic N) is 1. The first-order chi connectivity index (χ1) is 6.25. The molecule has 1 saturated heterocycles. The highest BCUT2D eigenvalue weighted by molar-refractivity contribution is 5.65. The molecule has 13 heavy (non-hydrogen) atoms. The highest BCUT2D eigenvalue weighted by atomic mass is 16.4. The molecule has 0 aromatic carbocycles. The Hall–Kier alpha value is -0.770. The fraction of sp³-hybridized carbons (Fsp3) is 0.889.